The number of para-hydroxylation sites is 2. The summed E-state index contributed by atoms with van der Waals surface area (Å²) in [7, 11) is 0. The maximum atomic E-state index is 10.9. The van der Waals surface area contributed by atoms with Gasteiger partial charge in [-0.1, -0.05) is 30.8 Å². The molecule has 0 unspecified atom stereocenters. The van der Waals surface area contributed by atoms with Crippen LogP contribution in [-0.2, 0) is 6.54 Å². The summed E-state index contributed by atoms with van der Waals surface area (Å²) in [6, 6.07) is 15.0. The van der Waals surface area contributed by atoms with Crippen molar-refractivity contribution in [3.63, 3.8) is 0 Å². The molecule has 0 saturated carbocycles. The van der Waals surface area contributed by atoms with E-state index in [0.29, 0.717) is 5.56 Å². The van der Waals surface area contributed by atoms with Crippen molar-refractivity contribution in [2.24, 2.45) is 0 Å². The Balaban J connectivity index is 1.95. The van der Waals surface area contributed by atoms with E-state index >= 15 is 0 Å². The zero-order valence-electron chi connectivity index (χ0n) is 12.2. The van der Waals surface area contributed by atoms with Crippen LogP contribution in [0, 0.1) is 0 Å². The first-order chi connectivity index (χ1) is 10.7. The van der Waals surface area contributed by atoms with Crippen LogP contribution in [0.4, 0.5) is 0 Å². The van der Waals surface area contributed by atoms with Gasteiger partial charge in [0.15, 0.2) is 5.16 Å². The van der Waals surface area contributed by atoms with E-state index in [2.05, 4.69) is 17.6 Å². The topological polar surface area (TPSA) is 55.1 Å². The number of aromatic nitrogens is 2. The van der Waals surface area contributed by atoms with Gasteiger partial charge in [0.25, 0.3) is 0 Å². The molecule has 112 valence electrons. The molecule has 0 aliphatic rings. The van der Waals surface area contributed by atoms with Crippen LogP contribution in [0.5, 0.6) is 0 Å². The van der Waals surface area contributed by atoms with E-state index < -0.39 is 5.97 Å². The Morgan fingerprint density at radius 1 is 1.18 bits per heavy atom. The fourth-order valence-electron chi connectivity index (χ4n) is 2.34. The Kier molecular flexibility index (Phi) is 4.15. The van der Waals surface area contributed by atoms with E-state index in [1.807, 2.05) is 30.3 Å². The molecule has 1 aromatic heterocycles. The van der Waals surface area contributed by atoms with Gasteiger partial charge >= 0.3 is 5.97 Å². The molecule has 0 radical (unpaired) electrons. The highest BCUT2D eigenvalue weighted by Gasteiger charge is 2.11. The number of nitrogens with zero attached hydrogens (tertiary/aromatic N) is 2. The van der Waals surface area contributed by atoms with Gasteiger partial charge in [-0.25, -0.2) is 9.78 Å². The van der Waals surface area contributed by atoms with Gasteiger partial charge in [-0.2, -0.15) is 0 Å². The van der Waals surface area contributed by atoms with E-state index in [4.69, 9.17) is 10.1 Å². The van der Waals surface area contributed by atoms with Crippen molar-refractivity contribution in [1.82, 2.24) is 9.55 Å². The number of benzene rings is 2. The predicted molar refractivity (Wildman–Crippen MR) is 87.5 cm³/mol. The van der Waals surface area contributed by atoms with Crippen LogP contribution in [-0.4, -0.2) is 20.6 Å². The third-order valence-electron chi connectivity index (χ3n) is 3.38. The van der Waals surface area contributed by atoms with E-state index in [0.717, 1.165) is 34.1 Å². The van der Waals surface area contributed by atoms with Crippen molar-refractivity contribution in [3.8, 4) is 0 Å². The number of fused-ring (bicyclic) bond motifs is 1. The Labute approximate surface area is 132 Å². The molecule has 1 N–H and O–H groups in total. The van der Waals surface area contributed by atoms with Crippen molar-refractivity contribution in [2.75, 3.05) is 0 Å². The largest absolute Gasteiger partial charge is 0.478 e. The number of carboxylic acid groups (broad SMARTS) is 1. The van der Waals surface area contributed by atoms with Crippen LogP contribution in [0.3, 0.4) is 0 Å². The van der Waals surface area contributed by atoms with Gasteiger partial charge in [0, 0.05) is 11.4 Å². The number of aryl methyl sites for hydroxylation is 1. The van der Waals surface area contributed by atoms with Crippen molar-refractivity contribution < 1.29 is 9.90 Å². The first-order valence-electron chi connectivity index (χ1n) is 7.15. The molecule has 0 saturated heterocycles. The number of imidazole rings is 1. The Morgan fingerprint density at radius 2 is 1.91 bits per heavy atom. The molecule has 3 aromatic rings. The molecule has 0 bridgehead atoms. The van der Waals surface area contributed by atoms with E-state index in [-0.39, 0.29) is 0 Å². The average Bonchev–Trinajstić information content (AvgIpc) is 2.86. The summed E-state index contributed by atoms with van der Waals surface area (Å²) >= 11 is 1.56. The molecule has 0 fully saturated rings. The highest BCUT2D eigenvalue weighted by molar-refractivity contribution is 7.99. The fourth-order valence-corrected chi connectivity index (χ4v) is 3.27. The van der Waals surface area contributed by atoms with Gasteiger partial charge in [-0.05, 0) is 42.8 Å². The third kappa shape index (κ3) is 2.85. The zero-order valence-corrected chi connectivity index (χ0v) is 13.0. The fraction of sp³-hybridized carbons (Fsp3) is 0.176. The number of aromatic carboxylic acids is 1. The van der Waals surface area contributed by atoms with Crippen molar-refractivity contribution >= 4 is 28.8 Å². The molecule has 0 aliphatic heterocycles. The van der Waals surface area contributed by atoms with Crippen LogP contribution in [0.25, 0.3) is 11.0 Å². The lowest BCUT2D eigenvalue weighted by atomic mass is 10.2. The van der Waals surface area contributed by atoms with Crippen LogP contribution in [0.2, 0.25) is 0 Å². The summed E-state index contributed by atoms with van der Waals surface area (Å²) in [4.78, 5) is 16.6. The molecule has 0 spiro atoms. The minimum atomic E-state index is -0.908. The molecule has 2 aromatic carbocycles. The van der Waals surface area contributed by atoms with Gasteiger partial charge in [-0.3, -0.25) is 0 Å². The monoisotopic (exact) mass is 312 g/mol. The van der Waals surface area contributed by atoms with Crippen molar-refractivity contribution in [2.45, 2.75) is 29.9 Å². The lowest BCUT2D eigenvalue weighted by molar-refractivity contribution is 0.0697. The molecule has 1 heterocycles. The quantitative estimate of drug-likeness (QED) is 0.763. The van der Waals surface area contributed by atoms with E-state index in [1.54, 1.807) is 23.9 Å². The molecule has 22 heavy (non-hydrogen) atoms. The second kappa shape index (κ2) is 6.23. The van der Waals surface area contributed by atoms with Crippen LogP contribution < -0.4 is 0 Å². The minimum absolute atomic E-state index is 0.298. The summed E-state index contributed by atoms with van der Waals surface area (Å²) in [6.07, 6.45) is 1.03. The third-order valence-corrected chi connectivity index (χ3v) is 4.38. The number of hydrogen-bond donors (Lipinski definition) is 1. The normalized spacial score (nSPS) is 11.0. The second-order valence-electron chi connectivity index (χ2n) is 4.97. The summed E-state index contributed by atoms with van der Waals surface area (Å²) in [6.45, 7) is 3.06. The Morgan fingerprint density at radius 3 is 2.59 bits per heavy atom. The standard InChI is InChI=1S/C17H16N2O2S/c1-2-11-19-15-6-4-3-5-14(15)18-17(19)22-13-9-7-12(8-10-13)16(20)21/h3-10H,2,11H2,1H3,(H,20,21). The summed E-state index contributed by atoms with van der Waals surface area (Å²) in [5, 5.41) is 9.89. The molecule has 5 heteroatoms. The van der Waals surface area contributed by atoms with Crippen LogP contribution in [0.15, 0.2) is 58.6 Å². The lowest BCUT2D eigenvalue weighted by Crippen LogP contribution is -1.98. The van der Waals surface area contributed by atoms with E-state index in [1.165, 1.54) is 0 Å². The number of hydrogen-bond acceptors (Lipinski definition) is 3. The van der Waals surface area contributed by atoms with Gasteiger partial charge in [0.2, 0.25) is 0 Å². The smallest absolute Gasteiger partial charge is 0.335 e. The van der Waals surface area contributed by atoms with Crippen LogP contribution >= 0.6 is 11.8 Å². The highest BCUT2D eigenvalue weighted by atomic mass is 32.2. The van der Waals surface area contributed by atoms with Crippen molar-refractivity contribution in [3.05, 3.63) is 54.1 Å². The Hall–Kier alpha value is -2.27. The van der Waals surface area contributed by atoms with Crippen LogP contribution in [0.1, 0.15) is 23.7 Å². The van der Waals surface area contributed by atoms with Gasteiger partial charge in [0.05, 0.1) is 16.6 Å². The molecular weight excluding hydrogens is 296 g/mol. The minimum Gasteiger partial charge on any atom is -0.478 e. The maximum absolute atomic E-state index is 10.9. The second-order valence-corrected chi connectivity index (χ2v) is 6.01. The highest BCUT2D eigenvalue weighted by Crippen LogP contribution is 2.30. The summed E-state index contributed by atoms with van der Waals surface area (Å²) < 4.78 is 2.21. The number of carboxylic acids is 1. The first-order valence-corrected chi connectivity index (χ1v) is 7.97. The van der Waals surface area contributed by atoms with Gasteiger partial charge in [-0.15, -0.1) is 0 Å². The lowest BCUT2D eigenvalue weighted by Gasteiger charge is -2.07. The molecule has 4 nitrogen and oxygen atoms in total. The molecule has 0 amide bonds. The van der Waals surface area contributed by atoms with Gasteiger partial charge in [0.1, 0.15) is 0 Å². The molecule has 0 aliphatic carbocycles. The molecular formula is C17H16N2O2S. The average molecular weight is 312 g/mol. The number of rotatable bonds is 5. The predicted octanol–water partition coefficient (Wildman–Crippen LogP) is 4.30. The molecule has 0 atom stereocenters. The summed E-state index contributed by atoms with van der Waals surface area (Å²) in [5.41, 5.74) is 2.42. The number of carbonyl (C=O) groups is 1. The maximum Gasteiger partial charge on any atom is 0.335 e. The molecule has 3 rings (SSSR count). The SMILES string of the molecule is CCCn1c(Sc2ccc(C(=O)O)cc2)nc2ccccc21. The van der Waals surface area contributed by atoms with E-state index in [9.17, 15) is 4.79 Å². The van der Waals surface area contributed by atoms with Gasteiger partial charge < -0.3 is 9.67 Å². The summed E-state index contributed by atoms with van der Waals surface area (Å²) in [5.74, 6) is -0.908. The van der Waals surface area contributed by atoms with Crippen molar-refractivity contribution in [1.29, 1.82) is 0 Å². The zero-order chi connectivity index (χ0) is 15.5. The first kappa shape index (κ1) is 14.7. The Bertz CT molecular complexity index is 809.